The summed E-state index contributed by atoms with van der Waals surface area (Å²) < 4.78 is 5.06. The van der Waals surface area contributed by atoms with Crippen LogP contribution in [0.4, 0.5) is 0 Å². The van der Waals surface area contributed by atoms with Crippen molar-refractivity contribution in [2.45, 2.75) is 18.3 Å². The Kier molecular flexibility index (Phi) is 3.38. The van der Waals surface area contributed by atoms with Gasteiger partial charge in [0.2, 0.25) is 0 Å². The van der Waals surface area contributed by atoms with E-state index in [0.29, 0.717) is 11.8 Å². The van der Waals surface area contributed by atoms with Crippen LogP contribution in [0.25, 0.3) is 10.8 Å². The summed E-state index contributed by atoms with van der Waals surface area (Å²) in [6, 6.07) is 22.7. The third kappa shape index (κ3) is 2.40. The van der Waals surface area contributed by atoms with Crippen LogP contribution in [0.15, 0.2) is 66.7 Å². The average molecular weight is 302 g/mol. The SMILES string of the molecule is COC(=O)c1c([C@H]2CC2c2ccccc2)ccc2ccccc12. The molecule has 2 atom stereocenters. The van der Waals surface area contributed by atoms with E-state index < -0.39 is 0 Å². The number of hydrogen-bond donors (Lipinski definition) is 0. The van der Waals surface area contributed by atoms with E-state index in [1.807, 2.05) is 30.3 Å². The number of ether oxygens (including phenoxy) is 1. The van der Waals surface area contributed by atoms with Crippen LogP contribution < -0.4 is 0 Å². The first kappa shape index (κ1) is 14.0. The highest BCUT2D eigenvalue weighted by Gasteiger charge is 2.41. The molecule has 2 heteroatoms. The third-order valence-electron chi connectivity index (χ3n) is 4.77. The molecule has 0 saturated heterocycles. The second-order valence-electron chi connectivity index (χ2n) is 6.10. The highest BCUT2D eigenvalue weighted by atomic mass is 16.5. The molecule has 0 bridgehead atoms. The minimum atomic E-state index is -0.240. The topological polar surface area (TPSA) is 26.3 Å². The molecule has 0 heterocycles. The van der Waals surface area contributed by atoms with Crippen molar-refractivity contribution in [1.82, 2.24) is 0 Å². The second-order valence-corrected chi connectivity index (χ2v) is 6.10. The zero-order chi connectivity index (χ0) is 15.8. The summed E-state index contributed by atoms with van der Waals surface area (Å²) in [5.74, 6) is 0.660. The highest BCUT2D eigenvalue weighted by molar-refractivity contribution is 6.06. The van der Waals surface area contributed by atoms with Crippen LogP contribution in [-0.4, -0.2) is 13.1 Å². The number of benzene rings is 3. The smallest absolute Gasteiger partial charge is 0.338 e. The molecule has 0 amide bonds. The standard InChI is InChI=1S/C21H18O2/c1-23-21(22)20-16-10-6-5-9-15(16)11-12-17(20)19-13-18(19)14-7-3-2-4-8-14/h2-12,18-19H,13H2,1H3/t18?,19-/m1/s1. The third-order valence-corrected chi connectivity index (χ3v) is 4.77. The predicted octanol–water partition coefficient (Wildman–Crippen LogP) is 4.90. The van der Waals surface area contributed by atoms with Crippen molar-refractivity contribution in [2.75, 3.05) is 7.11 Å². The molecule has 0 N–H and O–H groups in total. The molecule has 3 aromatic rings. The predicted molar refractivity (Wildman–Crippen MR) is 91.8 cm³/mol. The van der Waals surface area contributed by atoms with Crippen LogP contribution in [0.5, 0.6) is 0 Å². The van der Waals surface area contributed by atoms with Gasteiger partial charge in [-0.25, -0.2) is 4.79 Å². The zero-order valence-electron chi connectivity index (χ0n) is 13.0. The zero-order valence-corrected chi connectivity index (χ0v) is 13.0. The maximum atomic E-state index is 12.4. The van der Waals surface area contributed by atoms with Crippen molar-refractivity contribution >= 4 is 16.7 Å². The molecule has 4 rings (SSSR count). The van der Waals surface area contributed by atoms with Crippen molar-refractivity contribution in [2.24, 2.45) is 0 Å². The second kappa shape index (κ2) is 5.54. The maximum Gasteiger partial charge on any atom is 0.338 e. The molecule has 0 radical (unpaired) electrons. The van der Waals surface area contributed by atoms with Crippen LogP contribution >= 0.6 is 0 Å². The van der Waals surface area contributed by atoms with Gasteiger partial charge in [0.05, 0.1) is 12.7 Å². The van der Waals surface area contributed by atoms with Crippen molar-refractivity contribution in [3.63, 3.8) is 0 Å². The fourth-order valence-electron chi connectivity index (χ4n) is 3.53. The van der Waals surface area contributed by atoms with E-state index in [1.54, 1.807) is 0 Å². The van der Waals surface area contributed by atoms with Crippen LogP contribution in [0, 0.1) is 0 Å². The lowest BCUT2D eigenvalue weighted by atomic mass is 9.94. The molecule has 1 fully saturated rings. The van der Waals surface area contributed by atoms with E-state index in [4.69, 9.17) is 4.74 Å². The van der Waals surface area contributed by atoms with Crippen molar-refractivity contribution < 1.29 is 9.53 Å². The number of fused-ring (bicyclic) bond motifs is 1. The molecule has 2 nitrogen and oxygen atoms in total. The van der Waals surface area contributed by atoms with E-state index in [0.717, 1.165) is 28.3 Å². The van der Waals surface area contributed by atoms with E-state index >= 15 is 0 Å². The van der Waals surface area contributed by atoms with Crippen LogP contribution in [0.1, 0.15) is 39.7 Å². The number of esters is 1. The lowest BCUT2D eigenvalue weighted by Gasteiger charge is -2.11. The quantitative estimate of drug-likeness (QED) is 0.643. The molecule has 0 spiro atoms. The van der Waals surface area contributed by atoms with E-state index in [-0.39, 0.29) is 5.97 Å². The van der Waals surface area contributed by atoms with E-state index in [2.05, 4.69) is 36.4 Å². The monoisotopic (exact) mass is 302 g/mol. The molecule has 0 aromatic heterocycles. The van der Waals surface area contributed by atoms with E-state index in [1.165, 1.54) is 12.7 Å². The summed E-state index contributed by atoms with van der Waals surface area (Å²) in [6.45, 7) is 0. The average Bonchev–Trinajstić information content (AvgIpc) is 3.41. The Morgan fingerprint density at radius 1 is 0.913 bits per heavy atom. The first-order chi connectivity index (χ1) is 11.3. The lowest BCUT2D eigenvalue weighted by Crippen LogP contribution is -2.06. The Hall–Kier alpha value is -2.61. The highest BCUT2D eigenvalue weighted by Crippen LogP contribution is 2.55. The first-order valence-corrected chi connectivity index (χ1v) is 7.94. The van der Waals surface area contributed by atoms with Gasteiger partial charge in [-0.15, -0.1) is 0 Å². The molecular weight excluding hydrogens is 284 g/mol. The maximum absolute atomic E-state index is 12.4. The summed E-state index contributed by atoms with van der Waals surface area (Å²) in [5, 5.41) is 2.06. The summed E-state index contributed by atoms with van der Waals surface area (Å²) in [5.41, 5.74) is 3.19. The van der Waals surface area contributed by atoms with Crippen molar-refractivity contribution in [3.8, 4) is 0 Å². The fourth-order valence-corrected chi connectivity index (χ4v) is 3.53. The van der Waals surface area contributed by atoms with Gasteiger partial charge in [0.25, 0.3) is 0 Å². The van der Waals surface area contributed by atoms with Gasteiger partial charge in [-0.3, -0.25) is 0 Å². The normalized spacial score (nSPS) is 19.5. The molecule has 114 valence electrons. The number of carbonyl (C=O) groups is 1. The van der Waals surface area contributed by atoms with Crippen LogP contribution in [0.2, 0.25) is 0 Å². The van der Waals surface area contributed by atoms with Gasteiger partial charge in [0.15, 0.2) is 0 Å². The van der Waals surface area contributed by atoms with Gasteiger partial charge in [-0.2, -0.15) is 0 Å². The summed E-state index contributed by atoms with van der Waals surface area (Å²) >= 11 is 0. The Bertz CT molecular complexity index is 867. The number of carbonyl (C=O) groups excluding carboxylic acids is 1. The Morgan fingerprint density at radius 3 is 2.43 bits per heavy atom. The van der Waals surface area contributed by atoms with Gasteiger partial charge >= 0.3 is 5.97 Å². The minimum absolute atomic E-state index is 0.240. The van der Waals surface area contributed by atoms with Crippen LogP contribution in [-0.2, 0) is 4.74 Å². The lowest BCUT2D eigenvalue weighted by molar-refractivity contribution is 0.0601. The number of methoxy groups -OCH3 is 1. The molecule has 0 aliphatic heterocycles. The molecule has 1 saturated carbocycles. The molecule has 1 aliphatic carbocycles. The van der Waals surface area contributed by atoms with Gasteiger partial charge in [-0.1, -0.05) is 66.7 Å². The van der Waals surface area contributed by atoms with E-state index in [9.17, 15) is 4.79 Å². The van der Waals surface area contributed by atoms with Crippen LogP contribution in [0.3, 0.4) is 0 Å². The van der Waals surface area contributed by atoms with Gasteiger partial charge < -0.3 is 4.74 Å². The fraction of sp³-hybridized carbons (Fsp3) is 0.190. The molecular formula is C21H18O2. The van der Waals surface area contributed by atoms with Crippen molar-refractivity contribution in [3.05, 3.63) is 83.4 Å². The molecule has 1 unspecified atom stereocenters. The first-order valence-electron chi connectivity index (χ1n) is 7.94. The van der Waals surface area contributed by atoms with Crippen molar-refractivity contribution in [1.29, 1.82) is 0 Å². The Balaban J connectivity index is 1.80. The number of hydrogen-bond acceptors (Lipinski definition) is 2. The minimum Gasteiger partial charge on any atom is -0.465 e. The van der Waals surface area contributed by atoms with Gasteiger partial charge in [-0.05, 0) is 40.2 Å². The molecule has 3 aromatic carbocycles. The van der Waals surface area contributed by atoms with Gasteiger partial charge in [0, 0.05) is 0 Å². The van der Waals surface area contributed by atoms with Gasteiger partial charge in [0.1, 0.15) is 0 Å². The molecule has 1 aliphatic rings. The summed E-state index contributed by atoms with van der Waals surface area (Å²) in [4.78, 5) is 12.4. The summed E-state index contributed by atoms with van der Waals surface area (Å²) in [7, 11) is 1.45. The Labute approximate surface area is 135 Å². The number of rotatable bonds is 3. The Morgan fingerprint density at radius 2 is 1.65 bits per heavy atom. The molecule has 23 heavy (non-hydrogen) atoms. The largest absolute Gasteiger partial charge is 0.465 e. The summed E-state index contributed by atoms with van der Waals surface area (Å²) in [6.07, 6.45) is 1.09.